The van der Waals surface area contributed by atoms with Crippen LogP contribution in [0.5, 0.6) is 5.75 Å². The highest BCUT2D eigenvalue weighted by Crippen LogP contribution is 2.12. The van der Waals surface area contributed by atoms with E-state index in [4.69, 9.17) is 0 Å². The summed E-state index contributed by atoms with van der Waals surface area (Å²) in [6, 6.07) is 7.63. The minimum absolute atomic E-state index is 0.289. The van der Waals surface area contributed by atoms with Gasteiger partial charge in [-0.3, -0.25) is 9.59 Å². The predicted molar refractivity (Wildman–Crippen MR) is 85.7 cm³/mol. The standard InChI is InChI=1S/C18H21NO3/c1-13(2-3-14-4-7-16(20)8-5-14)19-11-10-15-6-9-17(21)18(22)12-15/h4-9,12-13,19-20H,2-3,10-11H2,1H3/t13-/m1/s1. The molecule has 0 amide bonds. The Bertz CT molecular complexity index is 599. The number of hydrogen-bond donors (Lipinski definition) is 2. The van der Waals surface area contributed by atoms with E-state index in [1.807, 2.05) is 12.1 Å². The molecule has 1 aliphatic carbocycles. The largest absolute Gasteiger partial charge is 0.508 e. The minimum Gasteiger partial charge on any atom is -0.508 e. The molecule has 2 rings (SSSR count). The summed E-state index contributed by atoms with van der Waals surface area (Å²) in [7, 11) is 0. The van der Waals surface area contributed by atoms with E-state index in [9.17, 15) is 14.7 Å². The van der Waals surface area contributed by atoms with Gasteiger partial charge < -0.3 is 10.4 Å². The summed E-state index contributed by atoms with van der Waals surface area (Å²) in [6.45, 7) is 2.90. The van der Waals surface area contributed by atoms with Crippen LogP contribution in [0, 0.1) is 0 Å². The Morgan fingerprint density at radius 1 is 1.05 bits per heavy atom. The summed E-state index contributed by atoms with van der Waals surface area (Å²) in [4.78, 5) is 22.3. The SMILES string of the molecule is C[C@H](CCc1ccc(O)cc1)NCCC1=CC(=O)C(=O)C=C1. The number of aryl methyl sites for hydroxylation is 1. The second-order valence-corrected chi connectivity index (χ2v) is 5.59. The number of phenolic OH excluding ortho intramolecular Hbond substituents is 1. The van der Waals surface area contributed by atoms with Gasteiger partial charge in [0.2, 0.25) is 11.6 Å². The molecule has 0 fully saturated rings. The van der Waals surface area contributed by atoms with E-state index in [1.165, 1.54) is 17.7 Å². The van der Waals surface area contributed by atoms with Gasteiger partial charge in [-0.25, -0.2) is 0 Å². The number of hydrogen-bond acceptors (Lipinski definition) is 4. The van der Waals surface area contributed by atoms with E-state index in [1.54, 1.807) is 18.2 Å². The first-order valence-corrected chi connectivity index (χ1v) is 7.53. The number of phenols is 1. The number of aromatic hydroxyl groups is 1. The molecular weight excluding hydrogens is 278 g/mol. The zero-order valence-electron chi connectivity index (χ0n) is 12.7. The minimum atomic E-state index is -0.445. The van der Waals surface area contributed by atoms with Gasteiger partial charge in [0.25, 0.3) is 0 Å². The summed E-state index contributed by atoms with van der Waals surface area (Å²) in [5, 5.41) is 12.7. The zero-order chi connectivity index (χ0) is 15.9. The van der Waals surface area contributed by atoms with Crippen molar-refractivity contribution in [2.24, 2.45) is 0 Å². The molecule has 0 bridgehead atoms. The molecule has 1 aromatic rings. The van der Waals surface area contributed by atoms with Crippen LogP contribution in [0.1, 0.15) is 25.3 Å². The normalized spacial score (nSPS) is 15.8. The third-order valence-electron chi connectivity index (χ3n) is 3.72. The van der Waals surface area contributed by atoms with Crippen LogP contribution < -0.4 is 5.32 Å². The van der Waals surface area contributed by atoms with Crippen molar-refractivity contribution in [3.8, 4) is 5.75 Å². The van der Waals surface area contributed by atoms with Crippen LogP contribution in [-0.4, -0.2) is 29.3 Å². The fraction of sp³-hybridized carbons (Fsp3) is 0.333. The smallest absolute Gasteiger partial charge is 0.225 e. The summed E-state index contributed by atoms with van der Waals surface area (Å²) in [5.74, 6) is -0.589. The number of rotatable bonds is 7. The van der Waals surface area contributed by atoms with Crippen molar-refractivity contribution < 1.29 is 14.7 Å². The second-order valence-electron chi connectivity index (χ2n) is 5.59. The third-order valence-corrected chi connectivity index (χ3v) is 3.72. The van der Waals surface area contributed by atoms with Gasteiger partial charge in [-0.2, -0.15) is 0 Å². The molecule has 4 nitrogen and oxygen atoms in total. The molecule has 0 aromatic heterocycles. The average molecular weight is 299 g/mol. The number of nitrogens with one attached hydrogen (secondary N) is 1. The summed E-state index contributed by atoms with van der Waals surface area (Å²) in [6.07, 6.45) is 7.16. The van der Waals surface area contributed by atoms with Crippen molar-refractivity contribution in [1.29, 1.82) is 0 Å². The molecule has 0 saturated heterocycles. The molecule has 4 heteroatoms. The first kappa shape index (κ1) is 16.2. The highest BCUT2D eigenvalue weighted by Gasteiger charge is 2.13. The van der Waals surface area contributed by atoms with Gasteiger partial charge in [-0.1, -0.05) is 18.2 Å². The molecule has 0 aliphatic heterocycles. The van der Waals surface area contributed by atoms with Crippen LogP contribution in [0.3, 0.4) is 0 Å². The lowest BCUT2D eigenvalue weighted by Crippen LogP contribution is -2.28. The van der Waals surface area contributed by atoms with E-state index in [0.717, 1.165) is 31.4 Å². The first-order valence-electron chi connectivity index (χ1n) is 7.53. The number of allylic oxidation sites excluding steroid dienone is 3. The maximum absolute atomic E-state index is 11.3. The summed E-state index contributed by atoms with van der Waals surface area (Å²) < 4.78 is 0. The zero-order valence-corrected chi connectivity index (χ0v) is 12.7. The Balaban J connectivity index is 1.68. The molecule has 2 N–H and O–H groups in total. The maximum Gasteiger partial charge on any atom is 0.225 e. The van der Waals surface area contributed by atoms with Crippen molar-refractivity contribution in [3.63, 3.8) is 0 Å². The lowest BCUT2D eigenvalue weighted by Gasteiger charge is -2.14. The Morgan fingerprint density at radius 2 is 1.77 bits per heavy atom. The van der Waals surface area contributed by atoms with Gasteiger partial charge in [-0.05, 0) is 68.2 Å². The van der Waals surface area contributed by atoms with Crippen LogP contribution in [0.15, 0.2) is 48.1 Å². The van der Waals surface area contributed by atoms with Gasteiger partial charge >= 0.3 is 0 Å². The molecule has 22 heavy (non-hydrogen) atoms. The van der Waals surface area contributed by atoms with Gasteiger partial charge in [0.1, 0.15) is 5.75 Å². The highest BCUT2D eigenvalue weighted by atomic mass is 16.3. The Kier molecular flexibility index (Phi) is 5.67. The van der Waals surface area contributed by atoms with Crippen molar-refractivity contribution >= 4 is 11.6 Å². The van der Waals surface area contributed by atoms with E-state index >= 15 is 0 Å². The van der Waals surface area contributed by atoms with E-state index in [2.05, 4.69) is 12.2 Å². The lowest BCUT2D eigenvalue weighted by atomic mass is 10.0. The van der Waals surface area contributed by atoms with Crippen LogP contribution in [0.25, 0.3) is 0 Å². The number of carbonyl (C=O) groups excluding carboxylic acids is 2. The molecule has 0 heterocycles. The van der Waals surface area contributed by atoms with Crippen LogP contribution in [-0.2, 0) is 16.0 Å². The third kappa shape index (κ3) is 4.97. The Morgan fingerprint density at radius 3 is 2.45 bits per heavy atom. The Labute approximate surface area is 130 Å². The monoisotopic (exact) mass is 299 g/mol. The second kappa shape index (κ2) is 7.71. The number of ketones is 2. The predicted octanol–water partition coefficient (Wildman–Crippen LogP) is 2.33. The van der Waals surface area contributed by atoms with Gasteiger partial charge in [0.05, 0.1) is 0 Å². The van der Waals surface area contributed by atoms with Crippen molar-refractivity contribution in [2.75, 3.05) is 6.54 Å². The fourth-order valence-corrected chi connectivity index (χ4v) is 2.32. The summed E-state index contributed by atoms with van der Waals surface area (Å²) in [5.41, 5.74) is 2.09. The number of carbonyl (C=O) groups is 2. The molecule has 1 aromatic carbocycles. The number of benzene rings is 1. The fourth-order valence-electron chi connectivity index (χ4n) is 2.32. The van der Waals surface area contributed by atoms with Gasteiger partial charge in [0.15, 0.2) is 0 Å². The van der Waals surface area contributed by atoms with Crippen LogP contribution >= 0.6 is 0 Å². The molecule has 0 saturated carbocycles. The van der Waals surface area contributed by atoms with E-state index < -0.39 is 11.6 Å². The topological polar surface area (TPSA) is 66.4 Å². The molecule has 0 unspecified atom stereocenters. The molecule has 0 spiro atoms. The molecule has 0 radical (unpaired) electrons. The molecule has 1 atom stereocenters. The average Bonchev–Trinajstić information content (AvgIpc) is 2.50. The molecule has 116 valence electrons. The molecular formula is C18H21NO3. The van der Waals surface area contributed by atoms with Gasteiger partial charge in [0, 0.05) is 6.04 Å². The lowest BCUT2D eigenvalue weighted by molar-refractivity contribution is -0.131. The Hall–Kier alpha value is -2.20. The highest BCUT2D eigenvalue weighted by molar-refractivity contribution is 6.46. The van der Waals surface area contributed by atoms with E-state index in [0.29, 0.717) is 6.04 Å². The summed E-state index contributed by atoms with van der Waals surface area (Å²) >= 11 is 0. The molecule has 1 aliphatic rings. The maximum atomic E-state index is 11.3. The van der Waals surface area contributed by atoms with Crippen LogP contribution in [0.4, 0.5) is 0 Å². The van der Waals surface area contributed by atoms with Crippen molar-refractivity contribution in [3.05, 3.63) is 53.6 Å². The van der Waals surface area contributed by atoms with Gasteiger partial charge in [-0.15, -0.1) is 0 Å². The van der Waals surface area contributed by atoms with Crippen molar-refractivity contribution in [1.82, 2.24) is 5.32 Å². The first-order chi connectivity index (χ1) is 10.5. The van der Waals surface area contributed by atoms with E-state index in [-0.39, 0.29) is 5.75 Å². The van der Waals surface area contributed by atoms with Crippen LogP contribution in [0.2, 0.25) is 0 Å². The quantitative estimate of drug-likeness (QED) is 0.599. The van der Waals surface area contributed by atoms with Crippen molar-refractivity contribution in [2.45, 2.75) is 32.2 Å².